The molecule has 7 nitrogen and oxygen atoms in total. The number of nitrogens with one attached hydrogen (secondary N) is 2. The van der Waals surface area contributed by atoms with Gasteiger partial charge in [0, 0.05) is 28.2 Å². The van der Waals surface area contributed by atoms with Crippen LogP contribution in [0.25, 0.3) is 22.0 Å². The number of aromatic nitrogens is 1. The maximum atomic E-state index is 14.8. The number of rotatable bonds is 3. The first-order valence-corrected chi connectivity index (χ1v) is 9.07. The lowest BCUT2D eigenvalue weighted by Crippen LogP contribution is -2.46. The van der Waals surface area contributed by atoms with E-state index in [0.717, 1.165) is 0 Å². The summed E-state index contributed by atoms with van der Waals surface area (Å²) in [6, 6.07) is 9.91. The summed E-state index contributed by atoms with van der Waals surface area (Å²) in [5.74, 6) is -1.02. The number of cyclic esters (lactones) is 1. The van der Waals surface area contributed by atoms with Crippen LogP contribution in [0.15, 0.2) is 42.6 Å². The smallest absolute Gasteiger partial charge is 0.415 e. The van der Waals surface area contributed by atoms with Crippen LogP contribution in [0.5, 0.6) is 0 Å². The summed E-state index contributed by atoms with van der Waals surface area (Å²) in [4.78, 5) is 26.7. The van der Waals surface area contributed by atoms with Crippen LogP contribution in [0.1, 0.15) is 18.1 Å². The minimum Gasteiger partial charge on any atom is -0.428 e. The van der Waals surface area contributed by atoms with Crippen LogP contribution in [0.3, 0.4) is 0 Å². The Hall–Kier alpha value is -3.23. The van der Waals surface area contributed by atoms with Gasteiger partial charge in [-0.15, -0.1) is 0 Å². The molecule has 2 aromatic carbocycles. The van der Waals surface area contributed by atoms with Crippen LogP contribution in [0.4, 0.5) is 9.18 Å². The SMILES string of the molecule is C[C@@]1(c2c[nH]c3cc(F)c(-c4ccc(C5(O)COC5)cc4)cc23)OC(=O)NC1=O. The van der Waals surface area contributed by atoms with Crippen LogP contribution in [-0.4, -0.2) is 35.3 Å². The second-order valence-corrected chi connectivity index (χ2v) is 7.56. The fourth-order valence-corrected chi connectivity index (χ4v) is 3.83. The van der Waals surface area contributed by atoms with Crippen molar-refractivity contribution in [1.82, 2.24) is 10.3 Å². The fraction of sp³-hybridized carbons (Fsp3) is 0.238. The number of fused-ring (bicyclic) bond motifs is 1. The number of aromatic amines is 1. The van der Waals surface area contributed by atoms with Gasteiger partial charge in [-0.25, -0.2) is 9.18 Å². The summed E-state index contributed by atoms with van der Waals surface area (Å²) in [7, 11) is 0. The van der Waals surface area contributed by atoms with Crippen molar-refractivity contribution < 1.29 is 28.6 Å². The molecule has 148 valence electrons. The molecular formula is C21H17FN2O5. The number of alkyl carbamates (subject to hydrolysis) is 1. The zero-order chi connectivity index (χ0) is 20.4. The number of carbonyl (C=O) groups excluding carboxylic acids is 2. The number of hydrogen-bond donors (Lipinski definition) is 3. The van der Waals surface area contributed by atoms with E-state index < -0.39 is 29.0 Å². The molecule has 1 aromatic heterocycles. The maximum absolute atomic E-state index is 14.8. The van der Waals surface area contributed by atoms with Crippen molar-refractivity contribution >= 4 is 22.9 Å². The number of amides is 2. The lowest BCUT2D eigenvalue weighted by atomic mass is 9.90. The highest BCUT2D eigenvalue weighted by Gasteiger charge is 2.47. The Morgan fingerprint density at radius 2 is 1.86 bits per heavy atom. The Balaban J connectivity index is 1.59. The Kier molecular flexibility index (Phi) is 3.62. The zero-order valence-electron chi connectivity index (χ0n) is 15.4. The number of ether oxygens (including phenoxy) is 2. The van der Waals surface area contributed by atoms with Crippen molar-refractivity contribution in [3.8, 4) is 11.1 Å². The number of aliphatic hydroxyl groups is 1. The topological polar surface area (TPSA) is 101 Å². The largest absolute Gasteiger partial charge is 0.428 e. The minimum absolute atomic E-state index is 0.235. The molecule has 2 aliphatic rings. The summed E-state index contributed by atoms with van der Waals surface area (Å²) in [6.07, 6.45) is 0.726. The number of halogens is 1. The molecule has 1 atom stereocenters. The molecule has 0 saturated carbocycles. The van der Waals surface area contributed by atoms with Crippen molar-refractivity contribution in [3.05, 3.63) is 59.5 Å². The van der Waals surface area contributed by atoms with Crippen LogP contribution < -0.4 is 5.32 Å². The van der Waals surface area contributed by atoms with E-state index in [0.29, 0.717) is 33.2 Å². The Labute approximate surface area is 164 Å². The van der Waals surface area contributed by atoms with Gasteiger partial charge in [-0.05, 0) is 30.2 Å². The van der Waals surface area contributed by atoms with E-state index in [1.807, 2.05) is 0 Å². The zero-order valence-corrected chi connectivity index (χ0v) is 15.4. The van der Waals surface area contributed by atoms with Gasteiger partial charge in [0.15, 0.2) is 0 Å². The molecule has 0 aliphatic carbocycles. The molecule has 3 aromatic rings. The third kappa shape index (κ3) is 2.56. The molecule has 2 fully saturated rings. The molecule has 0 unspecified atom stereocenters. The van der Waals surface area contributed by atoms with E-state index in [2.05, 4.69) is 10.3 Å². The summed E-state index contributed by atoms with van der Waals surface area (Å²) in [5.41, 5.74) is 0.0753. The monoisotopic (exact) mass is 396 g/mol. The van der Waals surface area contributed by atoms with Crippen molar-refractivity contribution in [2.24, 2.45) is 0 Å². The lowest BCUT2D eigenvalue weighted by molar-refractivity contribution is -0.184. The first-order chi connectivity index (χ1) is 13.8. The Bertz CT molecular complexity index is 1170. The first kappa shape index (κ1) is 17.8. The van der Waals surface area contributed by atoms with Crippen LogP contribution >= 0.6 is 0 Å². The van der Waals surface area contributed by atoms with E-state index in [1.165, 1.54) is 13.0 Å². The Morgan fingerprint density at radius 3 is 2.45 bits per heavy atom. The second kappa shape index (κ2) is 5.88. The summed E-state index contributed by atoms with van der Waals surface area (Å²) < 4.78 is 25.1. The quantitative estimate of drug-likeness (QED) is 0.632. The predicted octanol–water partition coefficient (Wildman–Crippen LogP) is 2.67. The van der Waals surface area contributed by atoms with Crippen molar-refractivity contribution in [2.45, 2.75) is 18.1 Å². The third-order valence-corrected chi connectivity index (χ3v) is 5.64. The highest BCUT2D eigenvalue weighted by atomic mass is 19.1. The van der Waals surface area contributed by atoms with E-state index in [-0.39, 0.29) is 13.2 Å². The molecule has 2 aliphatic heterocycles. The van der Waals surface area contributed by atoms with Crippen LogP contribution in [0, 0.1) is 5.82 Å². The molecule has 0 radical (unpaired) electrons. The molecule has 2 amide bonds. The number of hydrogen-bond acceptors (Lipinski definition) is 5. The minimum atomic E-state index is -1.50. The number of imide groups is 1. The van der Waals surface area contributed by atoms with Crippen molar-refractivity contribution in [3.63, 3.8) is 0 Å². The average molecular weight is 396 g/mol. The summed E-state index contributed by atoms with van der Waals surface area (Å²) >= 11 is 0. The van der Waals surface area contributed by atoms with Gasteiger partial charge in [0.2, 0.25) is 5.60 Å². The van der Waals surface area contributed by atoms with Gasteiger partial charge in [0.25, 0.3) is 5.91 Å². The van der Waals surface area contributed by atoms with E-state index in [4.69, 9.17) is 9.47 Å². The van der Waals surface area contributed by atoms with Gasteiger partial charge in [0.1, 0.15) is 11.4 Å². The standard InChI is InChI=1S/C21H17FN2O5/c1-20(18(25)24-19(26)29-20)15-8-23-17-7-16(22)13(6-14(15)17)11-2-4-12(5-3-11)21(27)9-28-10-21/h2-8,23,27H,9-10H2,1H3,(H,24,25,26)/t20-/m0/s1. The summed E-state index contributed by atoms with van der Waals surface area (Å²) in [5, 5.41) is 13.1. The molecule has 3 heterocycles. The number of H-pyrrole nitrogens is 1. The van der Waals surface area contributed by atoms with E-state index in [1.54, 1.807) is 36.5 Å². The normalized spacial score (nSPS) is 23.0. The highest BCUT2D eigenvalue weighted by molar-refractivity contribution is 6.05. The van der Waals surface area contributed by atoms with Gasteiger partial charge in [-0.2, -0.15) is 0 Å². The van der Waals surface area contributed by atoms with Crippen molar-refractivity contribution in [2.75, 3.05) is 13.2 Å². The molecule has 29 heavy (non-hydrogen) atoms. The molecule has 5 rings (SSSR count). The molecule has 3 N–H and O–H groups in total. The van der Waals surface area contributed by atoms with Gasteiger partial charge in [-0.3, -0.25) is 10.1 Å². The fourth-order valence-electron chi connectivity index (χ4n) is 3.83. The third-order valence-electron chi connectivity index (χ3n) is 5.64. The second-order valence-electron chi connectivity index (χ2n) is 7.56. The van der Waals surface area contributed by atoms with Crippen LogP contribution in [-0.2, 0) is 25.5 Å². The Morgan fingerprint density at radius 1 is 1.14 bits per heavy atom. The van der Waals surface area contributed by atoms with Crippen LogP contribution in [0.2, 0.25) is 0 Å². The predicted molar refractivity (Wildman–Crippen MR) is 100 cm³/mol. The van der Waals surface area contributed by atoms with E-state index in [9.17, 15) is 19.1 Å². The molecule has 0 bridgehead atoms. The summed E-state index contributed by atoms with van der Waals surface area (Å²) in [6.45, 7) is 1.96. The number of carbonyl (C=O) groups is 2. The lowest BCUT2D eigenvalue weighted by Gasteiger charge is -2.36. The van der Waals surface area contributed by atoms with Gasteiger partial charge < -0.3 is 19.6 Å². The number of benzene rings is 2. The van der Waals surface area contributed by atoms with Gasteiger partial charge in [0.05, 0.1) is 13.2 Å². The van der Waals surface area contributed by atoms with Crippen molar-refractivity contribution in [1.29, 1.82) is 0 Å². The molecule has 0 spiro atoms. The van der Waals surface area contributed by atoms with E-state index >= 15 is 0 Å². The molecular weight excluding hydrogens is 379 g/mol. The maximum Gasteiger partial charge on any atom is 0.415 e. The first-order valence-electron chi connectivity index (χ1n) is 9.07. The van der Waals surface area contributed by atoms with Gasteiger partial charge >= 0.3 is 6.09 Å². The molecule has 8 heteroatoms. The average Bonchev–Trinajstić information content (AvgIpc) is 3.19. The molecule has 2 saturated heterocycles. The van der Waals surface area contributed by atoms with Gasteiger partial charge in [-0.1, -0.05) is 24.3 Å². The highest BCUT2D eigenvalue weighted by Crippen LogP contribution is 2.38.